The van der Waals surface area contributed by atoms with Crippen molar-refractivity contribution in [1.29, 1.82) is 0 Å². The second-order valence-electron chi connectivity index (χ2n) is 10.6. The quantitative estimate of drug-likeness (QED) is 0.164. The van der Waals surface area contributed by atoms with Crippen molar-refractivity contribution in [1.82, 2.24) is 20.3 Å². The number of carbonyl (C=O) groups excluding carboxylic acids is 2. The van der Waals surface area contributed by atoms with E-state index in [1.54, 1.807) is 38.1 Å². The molecule has 2 aromatic rings. The third kappa shape index (κ3) is 11.8. The number of anilines is 1. The van der Waals surface area contributed by atoms with Crippen LogP contribution in [0.5, 0.6) is 0 Å². The van der Waals surface area contributed by atoms with Gasteiger partial charge in [0.1, 0.15) is 5.82 Å². The predicted molar refractivity (Wildman–Crippen MR) is 153 cm³/mol. The summed E-state index contributed by atoms with van der Waals surface area (Å²) in [6, 6.07) is 8.89. The average Bonchev–Trinajstić information content (AvgIpc) is 2.86. The van der Waals surface area contributed by atoms with E-state index in [1.807, 2.05) is 19.9 Å². The molecule has 0 unspecified atom stereocenters. The summed E-state index contributed by atoms with van der Waals surface area (Å²) < 4.78 is 80.5. The van der Waals surface area contributed by atoms with Gasteiger partial charge in [0.15, 0.2) is 0 Å². The molecule has 0 fully saturated rings. The molecule has 9 nitrogen and oxygen atoms in total. The van der Waals surface area contributed by atoms with Gasteiger partial charge in [-0.25, -0.2) is 27.1 Å². The number of urea groups is 2. The molecule has 0 spiro atoms. The van der Waals surface area contributed by atoms with Crippen molar-refractivity contribution in [3.63, 3.8) is 0 Å². The molecule has 0 radical (unpaired) electrons. The fraction of sp³-hybridized carbons (Fsp3) is 0.500. The fourth-order valence-corrected chi connectivity index (χ4v) is 5.45. The number of sulfonamides is 1. The number of benzene rings is 2. The highest BCUT2D eigenvalue weighted by Crippen LogP contribution is 2.34. The van der Waals surface area contributed by atoms with Gasteiger partial charge in [-0.15, -0.1) is 0 Å². The second-order valence-corrected chi connectivity index (χ2v) is 12.3. The van der Waals surface area contributed by atoms with Gasteiger partial charge in [-0.1, -0.05) is 32.0 Å². The van der Waals surface area contributed by atoms with Crippen molar-refractivity contribution in [2.24, 2.45) is 5.92 Å². The number of carbonyl (C=O) groups is 2. The molecule has 42 heavy (non-hydrogen) atoms. The Morgan fingerprint density at radius 3 is 2.21 bits per heavy atom. The molecular weight excluding hydrogens is 578 g/mol. The minimum atomic E-state index is -5.06. The first-order chi connectivity index (χ1) is 19.6. The molecule has 0 aromatic heterocycles. The lowest BCUT2D eigenvalue weighted by Crippen LogP contribution is -2.51. The van der Waals surface area contributed by atoms with Gasteiger partial charge in [0, 0.05) is 37.4 Å². The summed E-state index contributed by atoms with van der Waals surface area (Å²) in [7, 11) is -4.58. The van der Waals surface area contributed by atoms with Crippen LogP contribution in [0.2, 0.25) is 0 Å². The number of nitrogens with zero attached hydrogens (tertiary/aromatic N) is 1. The van der Waals surface area contributed by atoms with Gasteiger partial charge in [-0.05, 0) is 69.4 Å². The van der Waals surface area contributed by atoms with Gasteiger partial charge in [-0.2, -0.15) is 13.2 Å². The number of unbranched alkanes of at least 4 members (excludes halogenated alkanes) is 1. The lowest BCUT2D eigenvalue weighted by Gasteiger charge is -2.30. The van der Waals surface area contributed by atoms with E-state index in [4.69, 9.17) is 0 Å². The van der Waals surface area contributed by atoms with Crippen molar-refractivity contribution in [2.75, 3.05) is 25.0 Å². The summed E-state index contributed by atoms with van der Waals surface area (Å²) in [5.41, 5.74) is -0.982. The summed E-state index contributed by atoms with van der Waals surface area (Å²) >= 11 is 0. The van der Waals surface area contributed by atoms with Gasteiger partial charge in [0.2, 0.25) is 10.0 Å². The molecule has 0 aliphatic carbocycles. The molecule has 4 amide bonds. The molecule has 0 aliphatic heterocycles. The molecule has 234 valence electrons. The monoisotopic (exact) mass is 617 g/mol. The van der Waals surface area contributed by atoms with E-state index in [0.717, 1.165) is 0 Å². The van der Waals surface area contributed by atoms with Crippen LogP contribution in [0.4, 0.5) is 32.8 Å². The van der Waals surface area contributed by atoms with Crippen molar-refractivity contribution >= 4 is 27.8 Å². The van der Waals surface area contributed by atoms with E-state index in [1.165, 1.54) is 4.90 Å². The minimum absolute atomic E-state index is 0.140. The molecule has 0 saturated carbocycles. The summed E-state index contributed by atoms with van der Waals surface area (Å²) in [5, 5.41) is 8.49. The zero-order chi connectivity index (χ0) is 31.5. The number of hydrogen-bond acceptors (Lipinski definition) is 4. The Balaban J connectivity index is 2.04. The maximum Gasteiger partial charge on any atom is 0.417 e. The summed E-state index contributed by atoms with van der Waals surface area (Å²) in [5.74, 6) is -1.01. The van der Waals surface area contributed by atoms with E-state index < -0.39 is 44.5 Å². The SMILES string of the molecule is CC(C)C[C@@H](CN(CCCCNS(=O)(=O)c1ccc(F)cc1C(F)(F)F)C(=O)NC(C)C)NC(=O)Nc1ccccc1. The van der Waals surface area contributed by atoms with E-state index in [0.29, 0.717) is 30.7 Å². The number of rotatable bonds is 14. The second kappa shape index (κ2) is 15.7. The first-order valence-electron chi connectivity index (χ1n) is 13.6. The van der Waals surface area contributed by atoms with Crippen LogP contribution < -0.4 is 20.7 Å². The molecule has 0 aliphatic rings. The highest BCUT2D eigenvalue weighted by molar-refractivity contribution is 7.89. The first kappa shape index (κ1) is 34.8. The van der Waals surface area contributed by atoms with E-state index >= 15 is 0 Å². The van der Waals surface area contributed by atoms with Crippen LogP contribution in [-0.4, -0.2) is 57.1 Å². The van der Waals surface area contributed by atoms with Crippen LogP contribution >= 0.6 is 0 Å². The lowest BCUT2D eigenvalue weighted by molar-refractivity contribution is -0.140. The number of alkyl halides is 3. The Hall–Kier alpha value is -3.39. The van der Waals surface area contributed by atoms with E-state index in [2.05, 4.69) is 20.7 Å². The van der Waals surface area contributed by atoms with Crippen LogP contribution in [-0.2, 0) is 16.2 Å². The Kier molecular flexibility index (Phi) is 13.0. The van der Waals surface area contributed by atoms with E-state index in [-0.39, 0.29) is 50.1 Å². The van der Waals surface area contributed by atoms with Crippen molar-refractivity contribution in [3.8, 4) is 0 Å². The highest BCUT2D eigenvalue weighted by Gasteiger charge is 2.37. The van der Waals surface area contributed by atoms with Crippen molar-refractivity contribution in [2.45, 2.75) is 70.1 Å². The van der Waals surface area contributed by atoms with Crippen LogP contribution in [0.25, 0.3) is 0 Å². The number of amides is 4. The molecular formula is C28H39F4N5O4S. The molecule has 4 N–H and O–H groups in total. The van der Waals surface area contributed by atoms with E-state index in [9.17, 15) is 35.6 Å². The molecule has 1 atom stereocenters. The molecule has 0 heterocycles. The maximum atomic E-state index is 13.4. The van der Waals surface area contributed by atoms with Gasteiger partial charge >= 0.3 is 18.2 Å². The van der Waals surface area contributed by atoms with Crippen LogP contribution in [0.15, 0.2) is 53.4 Å². The topological polar surface area (TPSA) is 120 Å². The third-order valence-corrected chi connectivity index (χ3v) is 7.47. The van der Waals surface area contributed by atoms with Crippen molar-refractivity contribution < 1.29 is 35.6 Å². The zero-order valence-electron chi connectivity index (χ0n) is 24.1. The number of hydrogen-bond donors (Lipinski definition) is 4. The van der Waals surface area contributed by atoms with Crippen LogP contribution in [0.3, 0.4) is 0 Å². The standard InChI is InChI=1S/C28H39F4N5O4S/c1-19(2)16-23(36-26(38)35-22-10-6-5-7-11-22)18-37(27(39)34-20(3)4)15-9-8-14-33-42(40,41)25-13-12-21(29)17-24(25)28(30,31)32/h5-7,10-13,17,19-20,23,33H,8-9,14-16,18H2,1-4H3,(H,34,39)(H2,35,36,38)/t23-/m0/s1. The predicted octanol–water partition coefficient (Wildman–Crippen LogP) is 5.56. The Morgan fingerprint density at radius 2 is 1.62 bits per heavy atom. The van der Waals surface area contributed by atoms with Crippen LogP contribution in [0.1, 0.15) is 52.5 Å². The smallest absolute Gasteiger partial charge is 0.336 e. The first-order valence-corrected chi connectivity index (χ1v) is 15.1. The molecule has 2 rings (SSSR count). The van der Waals surface area contributed by atoms with Gasteiger partial charge < -0.3 is 20.9 Å². The normalized spacial score (nSPS) is 12.7. The third-order valence-electron chi connectivity index (χ3n) is 5.95. The fourth-order valence-electron chi connectivity index (χ4n) is 4.17. The molecule has 0 saturated heterocycles. The number of halogens is 4. The summed E-state index contributed by atoms with van der Waals surface area (Å²) in [4.78, 5) is 26.1. The molecule has 2 aromatic carbocycles. The van der Waals surface area contributed by atoms with Gasteiger partial charge in [0.05, 0.1) is 10.5 Å². The van der Waals surface area contributed by atoms with Gasteiger partial charge in [0.25, 0.3) is 0 Å². The van der Waals surface area contributed by atoms with Crippen LogP contribution in [0, 0.1) is 11.7 Å². The highest BCUT2D eigenvalue weighted by atomic mass is 32.2. The Labute approximate surface area is 244 Å². The molecule has 14 heteroatoms. The zero-order valence-corrected chi connectivity index (χ0v) is 24.9. The Bertz CT molecular complexity index is 1270. The minimum Gasteiger partial charge on any atom is -0.336 e. The molecule has 0 bridgehead atoms. The maximum absolute atomic E-state index is 13.4. The lowest BCUT2D eigenvalue weighted by atomic mass is 10.0. The average molecular weight is 618 g/mol. The number of para-hydroxylation sites is 1. The van der Waals surface area contributed by atoms with Crippen molar-refractivity contribution in [3.05, 3.63) is 59.9 Å². The Morgan fingerprint density at radius 1 is 0.952 bits per heavy atom. The summed E-state index contributed by atoms with van der Waals surface area (Å²) in [6.45, 7) is 7.74. The summed E-state index contributed by atoms with van der Waals surface area (Å²) in [6.07, 6.45) is -3.97. The largest absolute Gasteiger partial charge is 0.417 e. The number of nitrogens with one attached hydrogen (secondary N) is 4. The van der Waals surface area contributed by atoms with Gasteiger partial charge in [-0.3, -0.25) is 0 Å².